The molecule has 0 aliphatic heterocycles. The lowest BCUT2D eigenvalue weighted by atomic mass is 10.1. The largest absolute Gasteiger partial charge is 0.495 e. The van der Waals surface area contributed by atoms with Crippen LogP contribution in [-0.4, -0.2) is 12.1 Å². The topological polar surface area (TPSA) is 22.1 Å². The molecule has 0 radical (unpaired) electrons. The first-order chi connectivity index (χ1) is 8.54. The molecule has 1 aromatic carbocycles. The van der Waals surface area contributed by atoms with Crippen LogP contribution in [0, 0.1) is 0 Å². The van der Waals surface area contributed by atoms with E-state index in [2.05, 4.69) is 4.98 Å². The number of aromatic nitrogens is 1. The molecule has 0 amide bonds. The van der Waals surface area contributed by atoms with Crippen LogP contribution in [-0.2, 0) is 0 Å². The lowest BCUT2D eigenvalue weighted by Crippen LogP contribution is -1.90. The second kappa shape index (κ2) is 5.54. The SMILES string of the molecule is COc1cnc(-c2ccc(Cl)c(Cl)c2Cl)c(Cl)c1. The molecule has 2 rings (SSSR count). The van der Waals surface area contributed by atoms with Gasteiger partial charge in [0.1, 0.15) is 5.75 Å². The van der Waals surface area contributed by atoms with Gasteiger partial charge in [0, 0.05) is 11.6 Å². The fourth-order valence-corrected chi connectivity index (χ4v) is 2.32. The average molecular weight is 323 g/mol. The molecule has 2 aromatic rings. The van der Waals surface area contributed by atoms with Crippen molar-refractivity contribution in [2.24, 2.45) is 0 Å². The number of hydrogen-bond donors (Lipinski definition) is 0. The minimum atomic E-state index is 0.282. The van der Waals surface area contributed by atoms with Gasteiger partial charge >= 0.3 is 0 Å². The third-order valence-electron chi connectivity index (χ3n) is 2.34. The number of benzene rings is 1. The van der Waals surface area contributed by atoms with E-state index in [1.54, 1.807) is 31.5 Å². The van der Waals surface area contributed by atoms with Crippen molar-refractivity contribution in [3.8, 4) is 17.0 Å². The highest BCUT2D eigenvalue weighted by atomic mass is 35.5. The number of halogens is 4. The van der Waals surface area contributed by atoms with Crippen molar-refractivity contribution < 1.29 is 4.74 Å². The first kappa shape index (κ1) is 13.8. The summed E-state index contributed by atoms with van der Waals surface area (Å²) in [6.45, 7) is 0. The number of nitrogens with zero attached hydrogens (tertiary/aromatic N) is 1. The second-order valence-corrected chi connectivity index (χ2v) is 5.00. The maximum atomic E-state index is 6.13. The average Bonchev–Trinajstić information content (AvgIpc) is 2.37. The summed E-state index contributed by atoms with van der Waals surface area (Å²) in [6, 6.07) is 5.02. The van der Waals surface area contributed by atoms with Crippen LogP contribution < -0.4 is 4.74 Å². The monoisotopic (exact) mass is 321 g/mol. The normalized spacial score (nSPS) is 10.5. The van der Waals surface area contributed by atoms with E-state index < -0.39 is 0 Å². The Balaban J connectivity index is 2.59. The van der Waals surface area contributed by atoms with Crippen molar-refractivity contribution in [3.05, 3.63) is 44.5 Å². The number of hydrogen-bond acceptors (Lipinski definition) is 2. The highest BCUT2D eigenvalue weighted by Crippen LogP contribution is 2.39. The fourth-order valence-electron chi connectivity index (χ4n) is 1.44. The van der Waals surface area contributed by atoms with E-state index in [9.17, 15) is 0 Å². The minimum Gasteiger partial charge on any atom is -0.495 e. The molecule has 0 atom stereocenters. The fraction of sp³-hybridized carbons (Fsp3) is 0.0833. The zero-order valence-corrected chi connectivity index (χ0v) is 12.2. The molecule has 0 unspecified atom stereocenters. The molecular formula is C12H7Cl4NO. The molecule has 0 aliphatic rings. The standard InChI is InChI=1S/C12H7Cl4NO/c1-18-6-4-9(14)12(17-5-6)7-2-3-8(13)11(16)10(7)15/h2-5H,1H3. The van der Waals surface area contributed by atoms with Gasteiger partial charge < -0.3 is 4.74 Å². The molecule has 94 valence electrons. The van der Waals surface area contributed by atoms with Gasteiger partial charge in [0.25, 0.3) is 0 Å². The van der Waals surface area contributed by atoms with Crippen LogP contribution in [0.3, 0.4) is 0 Å². The molecule has 18 heavy (non-hydrogen) atoms. The Bertz CT molecular complexity index is 601. The summed E-state index contributed by atoms with van der Waals surface area (Å²) in [6.07, 6.45) is 1.56. The van der Waals surface area contributed by atoms with Gasteiger partial charge in [-0.25, -0.2) is 0 Å². The predicted octanol–water partition coefficient (Wildman–Crippen LogP) is 5.37. The van der Waals surface area contributed by atoms with Crippen LogP contribution in [0.4, 0.5) is 0 Å². The third kappa shape index (κ3) is 2.52. The zero-order chi connectivity index (χ0) is 13.3. The maximum absolute atomic E-state index is 6.13. The molecule has 0 bridgehead atoms. The summed E-state index contributed by atoms with van der Waals surface area (Å²) in [5, 5.41) is 1.41. The summed E-state index contributed by atoms with van der Waals surface area (Å²) in [5.41, 5.74) is 1.15. The van der Waals surface area contributed by atoms with Gasteiger partial charge in [0.05, 0.1) is 39.1 Å². The van der Waals surface area contributed by atoms with E-state index in [1.807, 2.05) is 0 Å². The number of pyridine rings is 1. The smallest absolute Gasteiger partial charge is 0.138 e. The van der Waals surface area contributed by atoms with Crippen molar-refractivity contribution in [2.45, 2.75) is 0 Å². The van der Waals surface area contributed by atoms with Crippen molar-refractivity contribution in [1.82, 2.24) is 4.98 Å². The Morgan fingerprint density at radius 1 is 1.00 bits per heavy atom. The quantitative estimate of drug-likeness (QED) is 0.693. The number of ether oxygens (including phenoxy) is 1. The minimum absolute atomic E-state index is 0.282. The van der Waals surface area contributed by atoms with Crippen LogP contribution in [0.5, 0.6) is 5.75 Å². The highest BCUT2D eigenvalue weighted by molar-refractivity contribution is 6.49. The van der Waals surface area contributed by atoms with Crippen LogP contribution in [0.15, 0.2) is 24.4 Å². The lowest BCUT2D eigenvalue weighted by molar-refractivity contribution is 0.413. The zero-order valence-electron chi connectivity index (χ0n) is 9.18. The summed E-state index contributed by atoms with van der Waals surface area (Å²) in [5.74, 6) is 0.569. The number of methoxy groups -OCH3 is 1. The van der Waals surface area contributed by atoms with E-state index in [0.717, 1.165) is 0 Å². The Labute approximate surface area is 124 Å². The second-order valence-electron chi connectivity index (χ2n) is 3.43. The van der Waals surface area contributed by atoms with Crippen molar-refractivity contribution in [2.75, 3.05) is 7.11 Å². The van der Waals surface area contributed by atoms with E-state index in [-0.39, 0.29) is 5.02 Å². The predicted molar refractivity (Wildman–Crippen MR) is 76.3 cm³/mol. The van der Waals surface area contributed by atoms with E-state index in [1.165, 1.54) is 0 Å². The van der Waals surface area contributed by atoms with Crippen LogP contribution in [0.2, 0.25) is 20.1 Å². The molecule has 0 spiro atoms. The molecule has 0 aliphatic carbocycles. The molecule has 0 N–H and O–H groups in total. The summed E-state index contributed by atoms with van der Waals surface area (Å²) in [4.78, 5) is 4.21. The Hall–Kier alpha value is -0.670. The van der Waals surface area contributed by atoms with Gasteiger partial charge in [-0.05, 0) is 12.1 Å². The Morgan fingerprint density at radius 3 is 2.33 bits per heavy atom. The van der Waals surface area contributed by atoms with E-state index in [0.29, 0.717) is 32.1 Å². The molecule has 1 aromatic heterocycles. The van der Waals surface area contributed by atoms with Gasteiger partial charge in [0.15, 0.2) is 0 Å². The molecule has 0 fully saturated rings. The summed E-state index contributed by atoms with van der Waals surface area (Å²) >= 11 is 24.1. The third-order valence-corrected chi connectivity index (χ3v) is 3.92. The van der Waals surface area contributed by atoms with E-state index in [4.69, 9.17) is 51.1 Å². The van der Waals surface area contributed by atoms with Crippen LogP contribution in [0.25, 0.3) is 11.3 Å². The lowest BCUT2D eigenvalue weighted by Gasteiger charge is -2.09. The van der Waals surface area contributed by atoms with Crippen molar-refractivity contribution in [1.29, 1.82) is 0 Å². The van der Waals surface area contributed by atoms with Crippen LogP contribution >= 0.6 is 46.4 Å². The Kier molecular flexibility index (Phi) is 4.23. The molecule has 0 saturated carbocycles. The van der Waals surface area contributed by atoms with Gasteiger partial charge in [-0.15, -0.1) is 0 Å². The molecule has 2 nitrogen and oxygen atoms in total. The van der Waals surface area contributed by atoms with E-state index >= 15 is 0 Å². The maximum Gasteiger partial charge on any atom is 0.138 e. The van der Waals surface area contributed by atoms with Crippen molar-refractivity contribution in [3.63, 3.8) is 0 Å². The number of rotatable bonds is 2. The van der Waals surface area contributed by atoms with Gasteiger partial charge in [0.2, 0.25) is 0 Å². The van der Waals surface area contributed by atoms with Crippen LogP contribution in [0.1, 0.15) is 0 Å². The van der Waals surface area contributed by atoms with Gasteiger partial charge in [-0.1, -0.05) is 46.4 Å². The summed E-state index contributed by atoms with van der Waals surface area (Å²) < 4.78 is 5.03. The van der Waals surface area contributed by atoms with Crippen molar-refractivity contribution >= 4 is 46.4 Å². The highest BCUT2D eigenvalue weighted by Gasteiger charge is 2.14. The molecule has 0 saturated heterocycles. The van der Waals surface area contributed by atoms with Gasteiger partial charge in [-0.3, -0.25) is 4.98 Å². The first-order valence-corrected chi connectivity index (χ1v) is 6.39. The first-order valence-electron chi connectivity index (χ1n) is 4.88. The molecule has 6 heteroatoms. The Morgan fingerprint density at radius 2 is 1.72 bits per heavy atom. The molecule has 1 heterocycles. The van der Waals surface area contributed by atoms with Gasteiger partial charge in [-0.2, -0.15) is 0 Å². The summed E-state index contributed by atoms with van der Waals surface area (Å²) in [7, 11) is 1.54. The molecular weight excluding hydrogens is 316 g/mol.